The van der Waals surface area contributed by atoms with Gasteiger partial charge in [0.25, 0.3) is 0 Å². The maximum atomic E-state index is 5.82. The second kappa shape index (κ2) is 4.09. The van der Waals surface area contributed by atoms with E-state index in [0.717, 1.165) is 11.4 Å². The van der Waals surface area contributed by atoms with Crippen molar-refractivity contribution in [2.24, 2.45) is 0 Å². The zero-order chi connectivity index (χ0) is 10.8. The van der Waals surface area contributed by atoms with Gasteiger partial charge in [0, 0.05) is 5.69 Å². The van der Waals surface area contributed by atoms with Crippen LogP contribution in [0.3, 0.4) is 0 Å². The van der Waals surface area contributed by atoms with Crippen LogP contribution >= 0.6 is 0 Å². The van der Waals surface area contributed by atoms with Gasteiger partial charge in [-0.2, -0.15) is 0 Å². The summed E-state index contributed by atoms with van der Waals surface area (Å²) in [4.78, 5) is 4.47. The van der Waals surface area contributed by atoms with Gasteiger partial charge in [0.2, 0.25) is 0 Å². The third kappa shape index (κ3) is 2.81. The van der Waals surface area contributed by atoms with Gasteiger partial charge in [0.1, 0.15) is 5.60 Å². The number of aromatic nitrogens is 1. The Bertz CT molecular complexity index is 305. The smallest absolute Gasteiger partial charge is 0.105 e. The highest BCUT2D eigenvalue weighted by Crippen LogP contribution is 2.24. The van der Waals surface area contributed by atoms with Crippen molar-refractivity contribution < 1.29 is 4.74 Å². The molecule has 0 saturated heterocycles. The van der Waals surface area contributed by atoms with Crippen LogP contribution in [0, 0.1) is 6.92 Å². The monoisotopic (exact) mass is 193 g/mol. The molecule has 0 amide bonds. The Hall–Kier alpha value is -0.890. The van der Waals surface area contributed by atoms with E-state index in [1.807, 2.05) is 39.0 Å². The Morgan fingerprint density at radius 1 is 1.29 bits per heavy atom. The minimum absolute atomic E-state index is 0.215. The Kier molecular flexibility index (Phi) is 3.27. The normalized spacial score (nSPS) is 12.1. The zero-order valence-corrected chi connectivity index (χ0v) is 9.66. The highest BCUT2D eigenvalue weighted by atomic mass is 16.5. The summed E-state index contributed by atoms with van der Waals surface area (Å²) in [6, 6.07) is 6.02. The minimum Gasteiger partial charge on any atom is -0.367 e. The van der Waals surface area contributed by atoms with Crippen molar-refractivity contribution in [3.05, 3.63) is 29.6 Å². The lowest BCUT2D eigenvalue weighted by molar-refractivity contribution is -0.0627. The Morgan fingerprint density at radius 3 is 2.43 bits per heavy atom. The molecule has 0 saturated carbocycles. The van der Waals surface area contributed by atoms with Crippen LogP contribution in [0.4, 0.5) is 0 Å². The molecule has 0 aliphatic carbocycles. The fourth-order valence-electron chi connectivity index (χ4n) is 1.53. The molecule has 78 valence electrons. The fraction of sp³-hybridized carbons (Fsp3) is 0.583. The van der Waals surface area contributed by atoms with E-state index in [1.165, 1.54) is 0 Å². The first kappa shape index (κ1) is 11.2. The lowest BCUT2D eigenvalue weighted by atomic mass is 10.0. The van der Waals surface area contributed by atoms with Crippen LogP contribution in [0.25, 0.3) is 0 Å². The summed E-state index contributed by atoms with van der Waals surface area (Å²) in [5.41, 5.74) is 1.72. The second-order valence-corrected chi connectivity index (χ2v) is 4.34. The molecule has 0 fully saturated rings. The van der Waals surface area contributed by atoms with Crippen LogP contribution in [-0.2, 0) is 10.3 Å². The predicted molar refractivity (Wildman–Crippen MR) is 58.2 cm³/mol. The van der Waals surface area contributed by atoms with Gasteiger partial charge in [0.05, 0.1) is 11.8 Å². The number of hydrogen-bond acceptors (Lipinski definition) is 2. The van der Waals surface area contributed by atoms with E-state index < -0.39 is 0 Å². The SMILES string of the molecule is Cc1cccc(C(C)(C)OC(C)C)n1. The zero-order valence-electron chi connectivity index (χ0n) is 9.66. The maximum Gasteiger partial charge on any atom is 0.105 e. The third-order valence-electron chi connectivity index (χ3n) is 2.04. The van der Waals surface area contributed by atoms with Crippen LogP contribution in [0.1, 0.15) is 39.1 Å². The quantitative estimate of drug-likeness (QED) is 0.736. The molecule has 0 aliphatic heterocycles. The molecule has 1 aromatic heterocycles. The number of aryl methyl sites for hydroxylation is 1. The number of ether oxygens (including phenoxy) is 1. The van der Waals surface area contributed by atoms with Gasteiger partial charge in [-0.3, -0.25) is 4.98 Å². The average molecular weight is 193 g/mol. The molecule has 0 radical (unpaired) electrons. The molecule has 0 unspecified atom stereocenters. The molecule has 0 N–H and O–H groups in total. The number of hydrogen-bond donors (Lipinski definition) is 0. The molecule has 0 spiro atoms. The van der Waals surface area contributed by atoms with Crippen LogP contribution in [0.2, 0.25) is 0 Å². The predicted octanol–water partition coefficient (Wildman–Crippen LogP) is 3.05. The number of nitrogens with zero attached hydrogens (tertiary/aromatic N) is 1. The van der Waals surface area contributed by atoms with Crippen molar-refractivity contribution in [2.75, 3.05) is 0 Å². The summed E-state index contributed by atoms with van der Waals surface area (Å²) in [5, 5.41) is 0. The highest BCUT2D eigenvalue weighted by Gasteiger charge is 2.23. The summed E-state index contributed by atoms with van der Waals surface area (Å²) >= 11 is 0. The van der Waals surface area contributed by atoms with E-state index in [0.29, 0.717) is 0 Å². The number of rotatable bonds is 3. The Labute approximate surface area is 86.3 Å². The lowest BCUT2D eigenvalue weighted by Gasteiger charge is -2.27. The van der Waals surface area contributed by atoms with E-state index in [1.54, 1.807) is 0 Å². The molecule has 0 bridgehead atoms. The molecular weight excluding hydrogens is 174 g/mol. The van der Waals surface area contributed by atoms with Gasteiger partial charge in [-0.15, -0.1) is 0 Å². The summed E-state index contributed by atoms with van der Waals surface area (Å²) in [6.45, 7) is 10.2. The summed E-state index contributed by atoms with van der Waals surface area (Å²) < 4.78 is 5.82. The van der Waals surface area contributed by atoms with Crippen molar-refractivity contribution in [1.29, 1.82) is 0 Å². The van der Waals surface area contributed by atoms with E-state index >= 15 is 0 Å². The Morgan fingerprint density at radius 2 is 1.93 bits per heavy atom. The summed E-state index contributed by atoms with van der Waals surface area (Å²) in [6.07, 6.45) is 0.215. The molecular formula is C12H19NO. The molecule has 0 atom stereocenters. The number of pyridine rings is 1. The van der Waals surface area contributed by atoms with Crippen LogP contribution < -0.4 is 0 Å². The average Bonchev–Trinajstić information content (AvgIpc) is 2.01. The molecule has 1 heterocycles. The van der Waals surface area contributed by atoms with Crippen molar-refractivity contribution in [3.63, 3.8) is 0 Å². The van der Waals surface area contributed by atoms with E-state index in [9.17, 15) is 0 Å². The first-order chi connectivity index (χ1) is 6.42. The molecule has 2 nitrogen and oxygen atoms in total. The lowest BCUT2D eigenvalue weighted by Crippen LogP contribution is -2.26. The van der Waals surface area contributed by atoms with Crippen molar-refractivity contribution in [1.82, 2.24) is 4.98 Å². The van der Waals surface area contributed by atoms with Crippen molar-refractivity contribution >= 4 is 0 Å². The van der Waals surface area contributed by atoms with Gasteiger partial charge < -0.3 is 4.74 Å². The second-order valence-electron chi connectivity index (χ2n) is 4.34. The largest absolute Gasteiger partial charge is 0.367 e. The molecule has 14 heavy (non-hydrogen) atoms. The van der Waals surface area contributed by atoms with Crippen LogP contribution in [0.5, 0.6) is 0 Å². The summed E-state index contributed by atoms with van der Waals surface area (Å²) in [7, 11) is 0. The summed E-state index contributed by atoms with van der Waals surface area (Å²) in [5.74, 6) is 0. The van der Waals surface area contributed by atoms with Gasteiger partial charge >= 0.3 is 0 Å². The fourth-order valence-corrected chi connectivity index (χ4v) is 1.53. The van der Waals surface area contributed by atoms with Crippen LogP contribution in [0.15, 0.2) is 18.2 Å². The molecule has 1 rings (SSSR count). The van der Waals surface area contributed by atoms with Crippen molar-refractivity contribution in [2.45, 2.75) is 46.3 Å². The molecule has 1 aromatic rings. The molecule has 2 heteroatoms. The first-order valence-electron chi connectivity index (χ1n) is 5.04. The molecule has 0 aliphatic rings. The van der Waals surface area contributed by atoms with Gasteiger partial charge in [-0.1, -0.05) is 6.07 Å². The Balaban J connectivity index is 2.91. The van der Waals surface area contributed by atoms with Crippen LogP contribution in [-0.4, -0.2) is 11.1 Å². The van der Waals surface area contributed by atoms with Crippen molar-refractivity contribution in [3.8, 4) is 0 Å². The van der Waals surface area contributed by atoms with Gasteiger partial charge in [-0.25, -0.2) is 0 Å². The third-order valence-corrected chi connectivity index (χ3v) is 2.04. The van der Waals surface area contributed by atoms with E-state index in [4.69, 9.17) is 4.74 Å². The van der Waals surface area contributed by atoms with Gasteiger partial charge in [-0.05, 0) is 46.8 Å². The topological polar surface area (TPSA) is 22.1 Å². The van der Waals surface area contributed by atoms with E-state index in [2.05, 4.69) is 18.8 Å². The standard InChI is InChI=1S/C12H19NO/c1-9(2)14-12(4,5)11-8-6-7-10(3)13-11/h6-9H,1-5H3. The first-order valence-corrected chi connectivity index (χ1v) is 5.04. The molecule has 0 aromatic carbocycles. The maximum absolute atomic E-state index is 5.82. The van der Waals surface area contributed by atoms with Gasteiger partial charge in [0.15, 0.2) is 0 Å². The highest BCUT2D eigenvalue weighted by molar-refractivity contribution is 5.15. The minimum atomic E-state index is -0.305. The van der Waals surface area contributed by atoms with E-state index in [-0.39, 0.29) is 11.7 Å².